The molecule has 27 heavy (non-hydrogen) atoms. The van der Waals surface area contributed by atoms with E-state index in [-0.39, 0.29) is 30.3 Å². The van der Waals surface area contributed by atoms with Crippen molar-refractivity contribution in [2.75, 3.05) is 31.1 Å². The topological polar surface area (TPSA) is 95.9 Å². The molecule has 0 fully saturated rings. The van der Waals surface area contributed by atoms with Crippen LogP contribution in [0.15, 0.2) is 53.4 Å². The van der Waals surface area contributed by atoms with Gasteiger partial charge in [-0.1, -0.05) is 24.3 Å². The third-order valence-electron chi connectivity index (χ3n) is 3.88. The minimum atomic E-state index is -4.05. The number of nitrogens with zero attached hydrogens (tertiary/aromatic N) is 1. The van der Waals surface area contributed by atoms with Gasteiger partial charge < -0.3 is 15.2 Å². The predicted octanol–water partition coefficient (Wildman–Crippen LogP) is 1.70. The lowest BCUT2D eigenvalue weighted by Crippen LogP contribution is -2.41. The molecule has 0 radical (unpaired) electrons. The van der Waals surface area contributed by atoms with Crippen LogP contribution in [-0.2, 0) is 14.8 Å². The SMILES string of the molecule is COc1ccc(C)cc1S(=O)(=O)N(CC(=O)NCCCO)c1ccccc1. The van der Waals surface area contributed by atoms with Gasteiger partial charge in [-0.2, -0.15) is 0 Å². The number of amides is 1. The number of sulfonamides is 1. The summed E-state index contributed by atoms with van der Waals surface area (Å²) in [6.07, 6.45) is 0.398. The molecule has 0 aliphatic rings. The molecular weight excluding hydrogens is 368 g/mol. The summed E-state index contributed by atoms with van der Waals surface area (Å²) in [4.78, 5) is 12.3. The van der Waals surface area contributed by atoms with Gasteiger partial charge in [0, 0.05) is 13.2 Å². The maximum Gasteiger partial charge on any atom is 0.268 e. The van der Waals surface area contributed by atoms with E-state index in [1.165, 1.54) is 13.2 Å². The Morgan fingerprint density at radius 3 is 2.52 bits per heavy atom. The van der Waals surface area contributed by atoms with Gasteiger partial charge in [-0.15, -0.1) is 0 Å². The number of carbonyl (C=O) groups is 1. The first-order valence-electron chi connectivity index (χ1n) is 8.50. The Morgan fingerprint density at radius 2 is 1.89 bits per heavy atom. The molecule has 0 atom stereocenters. The van der Waals surface area contributed by atoms with Crippen molar-refractivity contribution < 1.29 is 23.1 Å². The largest absolute Gasteiger partial charge is 0.495 e. The molecule has 0 aliphatic heterocycles. The molecule has 8 heteroatoms. The maximum absolute atomic E-state index is 13.4. The van der Waals surface area contributed by atoms with Crippen LogP contribution in [0.1, 0.15) is 12.0 Å². The van der Waals surface area contributed by atoms with Crippen LogP contribution in [0.5, 0.6) is 5.75 Å². The van der Waals surface area contributed by atoms with E-state index >= 15 is 0 Å². The summed E-state index contributed by atoms with van der Waals surface area (Å²) < 4.78 is 33.0. The number of hydrogen-bond acceptors (Lipinski definition) is 5. The van der Waals surface area contributed by atoms with Crippen LogP contribution in [0.3, 0.4) is 0 Å². The second-order valence-corrected chi connectivity index (χ2v) is 7.76. The van der Waals surface area contributed by atoms with E-state index in [0.29, 0.717) is 12.1 Å². The van der Waals surface area contributed by atoms with Crippen LogP contribution in [0, 0.1) is 6.92 Å². The number of ether oxygens (including phenoxy) is 1. The molecular formula is C19H24N2O5S. The van der Waals surface area contributed by atoms with E-state index in [1.54, 1.807) is 49.4 Å². The highest BCUT2D eigenvalue weighted by Crippen LogP contribution is 2.30. The Labute approximate surface area is 159 Å². The number of hydrogen-bond donors (Lipinski definition) is 2. The van der Waals surface area contributed by atoms with Gasteiger partial charge in [-0.25, -0.2) is 8.42 Å². The minimum absolute atomic E-state index is 0.00277. The fourth-order valence-corrected chi connectivity index (χ4v) is 4.17. The Kier molecular flexibility index (Phi) is 7.20. The summed E-state index contributed by atoms with van der Waals surface area (Å²) in [5, 5.41) is 11.4. The third-order valence-corrected chi connectivity index (χ3v) is 5.67. The van der Waals surface area contributed by atoms with Crippen molar-refractivity contribution in [3.05, 3.63) is 54.1 Å². The van der Waals surface area contributed by atoms with Crippen molar-refractivity contribution in [1.82, 2.24) is 5.32 Å². The molecule has 0 aromatic heterocycles. The van der Waals surface area contributed by atoms with Crippen LogP contribution in [0.4, 0.5) is 5.69 Å². The molecule has 0 saturated heterocycles. The number of anilines is 1. The number of nitrogens with one attached hydrogen (secondary N) is 1. The lowest BCUT2D eigenvalue weighted by atomic mass is 10.2. The van der Waals surface area contributed by atoms with Crippen LogP contribution < -0.4 is 14.4 Å². The molecule has 0 unspecified atom stereocenters. The van der Waals surface area contributed by atoms with Crippen molar-refractivity contribution >= 4 is 21.6 Å². The Morgan fingerprint density at radius 1 is 1.19 bits per heavy atom. The highest BCUT2D eigenvalue weighted by molar-refractivity contribution is 7.93. The van der Waals surface area contributed by atoms with Crippen molar-refractivity contribution in [3.8, 4) is 5.75 Å². The van der Waals surface area contributed by atoms with Crippen LogP contribution in [-0.4, -0.2) is 46.2 Å². The van der Waals surface area contributed by atoms with Crippen LogP contribution in [0.2, 0.25) is 0 Å². The average Bonchev–Trinajstić information content (AvgIpc) is 2.67. The standard InChI is InChI=1S/C19H24N2O5S/c1-15-9-10-17(26-2)18(13-15)27(24,25)21(16-7-4-3-5-8-16)14-19(23)20-11-6-12-22/h3-5,7-10,13,22H,6,11-12,14H2,1-2H3,(H,20,23). The number of para-hydroxylation sites is 1. The summed E-state index contributed by atoms with van der Waals surface area (Å²) >= 11 is 0. The zero-order chi connectivity index (χ0) is 19.9. The highest BCUT2D eigenvalue weighted by atomic mass is 32.2. The van der Waals surface area contributed by atoms with Crippen molar-refractivity contribution in [2.45, 2.75) is 18.2 Å². The molecule has 0 bridgehead atoms. The van der Waals surface area contributed by atoms with Crippen molar-refractivity contribution in [1.29, 1.82) is 0 Å². The summed E-state index contributed by atoms with van der Waals surface area (Å²) in [5.74, 6) is -0.246. The van der Waals surface area contributed by atoms with Crippen molar-refractivity contribution in [2.24, 2.45) is 0 Å². The highest BCUT2D eigenvalue weighted by Gasteiger charge is 2.30. The van der Waals surface area contributed by atoms with Gasteiger partial charge in [0.25, 0.3) is 10.0 Å². The molecule has 0 spiro atoms. The van der Waals surface area contributed by atoms with Gasteiger partial charge >= 0.3 is 0 Å². The molecule has 0 aliphatic carbocycles. The number of aliphatic hydroxyl groups excluding tert-OH is 1. The zero-order valence-electron chi connectivity index (χ0n) is 15.4. The Bertz CT molecular complexity index is 869. The smallest absolute Gasteiger partial charge is 0.268 e. The summed E-state index contributed by atoms with van der Waals surface area (Å²) in [7, 11) is -2.65. The number of benzene rings is 2. The van der Waals surface area contributed by atoms with E-state index in [4.69, 9.17) is 9.84 Å². The van der Waals surface area contributed by atoms with Gasteiger partial charge in [-0.05, 0) is 43.2 Å². The first-order chi connectivity index (χ1) is 12.9. The number of rotatable bonds is 9. The molecule has 2 aromatic carbocycles. The normalized spacial score (nSPS) is 11.1. The maximum atomic E-state index is 13.4. The predicted molar refractivity (Wildman–Crippen MR) is 103 cm³/mol. The van der Waals surface area contributed by atoms with E-state index < -0.39 is 15.9 Å². The first kappa shape index (κ1) is 20.7. The van der Waals surface area contributed by atoms with Gasteiger partial charge in [0.1, 0.15) is 17.2 Å². The second kappa shape index (κ2) is 9.38. The number of carbonyl (C=O) groups excluding carboxylic acids is 1. The first-order valence-corrected chi connectivity index (χ1v) is 9.94. The molecule has 0 saturated carbocycles. The van der Waals surface area contributed by atoms with E-state index in [0.717, 1.165) is 9.87 Å². The van der Waals surface area contributed by atoms with Crippen LogP contribution in [0.25, 0.3) is 0 Å². The summed E-state index contributed by atoms with van der Waals surface area (Å²) in [5.41, 5.74) is 1.13. The molecule has 146 valence electrons. The molecule has 7 nitrogen and oxygen atoms in total. The number of aliphatic hydroxyl groups is 1. The lowest BCUT2D eigenvalue weighted by Gasteiger charge is -2.25. The molecule has 2 N–H and O–H groups in total. The summed E-state index contributed by atoms with van der Waals surface area (Å²) in [6.45, 7) is 1.62. The number of methoxy groups -OCH3 is 1. The van der Waals surface area contributed by atoms with Gasteiger partial charge in [0.2, 0.25) is 5.91 Å². The van der Waals surface area contributed by atoms with Gasteiger partial charge in [-0.3, -0.25) is 9.10 Å². The second-order valence-electron chi connectivity index (χ2n) is 5.93. The third kappa shape index (κ3) is 5.21. The quantitative estimate of drug-likeness (QED) is 0.633. The Hall–Kier alpha value is -2.58. The van der Waals surface area contributed by atoms with E-state index in [9.17, 15) is 13.2 Å². The van der Waals surface area contributed by atoms with Gasteiger partial charge in [0.15, 0.2) is 0 Å². The summed E-state index contributed by atoms with van der Waals surface area (Å²) in [6, 6.07) is 13.3. The molecule has 0 heterocycles. The van der Waals surface area contributed by atoms with E-state index in [1.807, 2.05) is 0 Å². The van der Waals surface area contributed by atoms with Crippen LogP contribution >= 0.6 is 0 Å². The molecule has 2 aromatic rings. The molecule has 2 rings (SSSR count). The number of aryl methyl sites for hydroxylation is 1. The fourth-order valence-electron chi connectivity index (χ4n) is 2.51. The average molecular weight is 392 g/mol. The van der Waals surface area contributed by atoms with Gasteiger partial charge in [0.05, 0.1) is 12.8 Å². The monoisotopic (exact) mass is 392 g/mol. The Balaban J connectivity index is 2.43. The van der Waals surface area contributed by atoms with Crippen molar-refractivity contribution in [3.63, 3.8) is 0 Å². The van der Waals surface area contributed by atoms with E-state index in [2.05, 4.69) is 5.32 Å². The lowest BCUT2D eigenvalue weighted by molar-refractivity contribution is -0.119. The zero-order valence-corrected chi connectivity index (χ0v) is 16.2. The molecule has 1 amide bonds. The minimum Gasteiger partial charge on any atom is -0.495 e. The fraction of sp³-hybridized carbons (Fsp3) is 0.316.